The molecular formula is C15H15N2O2Pt-. The molecule has 2 rings (SSSR count). The number of carbonyl (C=O) groups is 1. The van der Waals surface area contributed by atoms with Crippen LogP contribution in [-0.2, 0) is 25.9 Å². The molecule has 0 spiro atoms. The molecule has 0 aliphatic heterocycles. The second kappa shape index (κ2) is 10.0. The first kappa shape index (κ1) is 18.2. The maximum Gasteiger partial charge on any atom is 0.155 e. The number of hydrogen-bond acceptors (Lipinski definition) is 4. The van der Waals surface area contributed by atoms with E-state index >= 15 is 0 Å². The van der Waals surface area contributed by atoms with Gasteiger partial charge in [0.2, 0.25) is 0 Å². The van der Waals surface area contributed by atoms with Gasteiger partial charge in [-0.2, -0.15) is 0 Å². The van der Waals surface area contributed by atoms with E-state index in [4.69, 9.17) is 5.11 Å². The summed E-state index contributed by atoms with van der Waals surface area (Å²) in [5.74, 6) is -0.0625. The van der Waals surface area contributed by atoms with Crippen molar-refractivity contribution in [3.8, 4) is 11.3 Å². The van der Waals surface area contributed by atoms with Gasteiger partial charge >= 0.3 is 0 Å². The number of aliphatic hydroxyl groups excluding tert-OH is 1. The molecule has 0 saturated carbocycles. The molecule has 0 radical (unpaired) electrons. The van der Waals surface area contributed by atoms with Gasteiger partial charge in [0.1, 0.15) is 0 Å². The smallest absolute Gasteiger partial charge is 0.155 e. The van der Waals surface area contributed by atoms with Crippen molar-refractivity contribution >= 4 is 5.78 Å². The van der Waals surface area contributed by atoms with E-state index in [1.165, 1.54) is 19.9 Å². The van der Waals surface area contributed by atoms with Crippen LogP contribution in [0.25, 0.3) is 11.3 Å². The second-order valence-electron chi connectivity index (χ2n) is 3.77. The van der Waals surface area contributed by atoms with Crippen molar-refractivity contribution in [2.45, 2.75) is 13.8 Å². The molecular weight excluding hydrogens is 435 g/mol. The van der Waals surface area contributed by atoms with Crippen LogP contribution < -0.4 is 0 Å². The zero-order valence-corrected chi connectivity index (χ0v) is 13.5. The number of allylic oxidation sites excluding steroid dienone is 2. The molecule has 2 aromatic heterocycles. The van der Waals surface area contributed by atoms with Crippen molar-refractivity contribution in [3.05, 3.63) is 60.8 Å². The number of aliphatic hydroxyl groups is 1. The van der Waals surface area contributed by atoms with Crippen LogP contribution >= 0.6 is 0 Å². The van der Waals surface area contributed by atoms with Crippen LogP contribution in [0, 0.1) is 6.20 Å². The molecule has 0 aliphatic rings. The number of rotatable bonds is 2. The van der Waals surface area contributed by atoms with Crippen LogP contribution in [0.1, 0.15) is 13.8 Å². The number of hydrogen-bond donors (Lipinski definition) is 1. The van der Waals surface area contributed by atoms with E-state index in [2.05, 4.69) is 16.2 Å². The number of pyridine rings is 2. The summed E-state index contributed by atoms with van der Waals surface area (Å²) in [6.07, 6.45) is 7.50. The quantitative estimate of drug-likeness (QED) is 0.434. The SMILES string of the molecule is CC(=O)/C=C(/C)O.[Pt].[c-]1ncccc1-c1ccccn1. The van der Waals surface area contributed by atoms with Crippen molar-refractivity contribution in [3.63, 3.8) is 0 Å². The fraction of sp³-hybridized carbons (Fsp3) is 0.133. The van der Waals surface area contributed by atoms with Crippen LogP contribution in [-0.4, -0.2) is 20.9 Å². The van der Waals surface area contributed by atoms with Crippen molar-refractivity contribution < 1.29 is 31.0 Å². The fourth-order valence-electron chi connectivity index (χ4n) is 1.29. The van der Waals surface area contributed by atoms with Crippen LogP contribution in [0.15, 0.2) is 54.6 Å². The summed E-state index contributed by atoms with van der Waals surface area (Å²) in [5, 5.41) is 8.36. The normalized spacial score (nSPS) is 9.80. The summed E-state index contributed by atoms with van der Waals surface area (Å²) >= 11 is 0. The zero-order chi connectivity index (χ0) is 14.1. The third-order valence-corrected chi connectivity index (χ3v) is 1.96. The largest absolute Gasteiger partial charge is 0.512 e. The van der Waals surface area contributed by atoms with Gasteiger partial charge in [0.15, 0.2) is 5.78 Å². The summed E-state index contributed by atoms with van der Waals surface area (Å²) in [5.41, 5.74) is 1.84. The Balaban J connectivity index is 0.000000396. The number of nitrogens with zero attached hydrogens (tertiary/aromatic N) is 2. The molecule has 5 heteroatoms. The van der Waals surface area contributed by atoms with Gasteiger partial charge in [0.25, 0.3) is 0 Å². The molecule has 0 saturated heterocycles. The molecule has 0 amide bonds. The van der Waals surface area contributed by atoms with Gasteiger partial charge in [0, 0.05) is 33.3 Å². The fourth-order valence-corrected chi connectivity index (χ4v) is 1.29. The van der Waals surface area contributed by atoms with Crippen LogP contribution in [0.2, 0.25) is 0 Å². The Morgan fingerprint density at radius 1 is 1.20 bits per heavy atom. The summed E-state index contributed by atoms with van der Waals surface area (Å²) in [6.45, 7) is 2.85. The first-order valence-corrected chi connectivity index (χ1v) is 5.71. The molecule has 0 fully saturated rings. The van der Waals surface area contributed by atoms with Gasteiger partial charge in [-0.25, -0.2) is 0 Å². The Morgan fingerprint density at radius 3 is 2.35 bits per heavy atom. The Hall–Kier alpha value is -1.80. The van der Waals surface area contributed by atoms with E-state index in [0.29, 0.717) is 0 Å². The van der Waals surface area contributed by atoms with E-state index in [-0.39, 0.29) is 32.6 Å². The molecule has 2 heterocycles. The summed E-state index contributed by atoms with van der Waals surface area (Å²) < 4.78 is 0. The molecule has 0 aliphatic carbocycles. The zero-order valence-electron chi connectivity index (χ0n) is 11.2. The van der Waals surface area contributed by atoms with Gasteiger partial charge in [-0.1, -0.05) is 18.3 Å². The Labute approximate surface area is 132 Å². The van der Waals surface area contributed by atoms with Crippen LogP contribution in [0.3, 0.4) is 0 Å². The van der Waals surface area contributed by atoms with Crippen molar-refractivity contribution in [2.75, 3.05) is 0 Å². The topological polar surface area (TPSA) is 63.1 Å². The van der Waals surface area contributed by atoms with E-state index in [9.17, 15) is 4.79 Å². The molecule has 108 valence electrons. The van der Waals surface area contributed by atoms with E-state index in [0.717, 1.165) is 11.3 Å². The molecule has 0 atom stereocenters. The monoisotopic (exact) mass is 450 g/mol. The van der Waals surface area contributed by atoms with E-state index in [1.54, 1.807) is 12.4 Å². The van der Waals surface area contributed by atoms with Crippen molar-refractivity contribution in [1.29, 1.82) is 0 Å². The molecule has 2 aromatic rings. The van der Waals surface area contributed by atoms with E-state index < -0.39 is 0 Å². The van der Waals surface area contributed by atoms with E-state index in [1.807, 2.05) is 30.3 Å². The van der Waals surface area contributed by atoms with Gasteiger partial charge in [-0.3, -0.25) is 4.79 Å². The first-order chi connectivity index (χ1) is 9.09. The Bertz CT molecular complexity index is 501. The molecule has 0 aromatic carbocycles. The number of ketones is 1. The maximum absolute atomic E-state index is 10.0. The molecule has 0 bridgehead atoms. The number of aromatic nitrogens is 2. The predicted octanol–water partition coefficient (Wildman–Crippen LogP) is 2.98. The minimum Gasteiger partial charge on any atom is -0.512 e. The molecule has 1 N–H and O–H groups in total. The van der Waals surface area contributed by atoms with Crippen LogP contribution in [0.4, 0.5) is 0 Å². The van der Waals surface area contributed by atoms with Crippen molar-refractivity contribution in [2.24, 2.45) is 0 Å². The standard InChI is InChI=1S/C10H7N2.C5H8O2.Pt/c1-2-7-12-10(5-1)9-4-3-6-11-8-9;1-4(6)3-5(2)7;/h1-7H;3,6H,1-2H3;/q-1;;/b;4-3-;. The molecule has 0 unspecified atom stereocenters. The van der Waals surface area contributed by atoms with Gasteiger partial charge < -0.3 is 15.1 Å². The Kier molecular flexibility index (Phi) is 9.14. The number of carbonyl (C=O) groups excluding carboxylic acids is 1. The minimum atomic E-state index is -0.125. The third-order valence-electron chi connectivity index (χ3n) is 1.96. The average Bonchev–Trinajstić information content (AvgIpc) is 2.40. The maximum atomic E-state index is 10.0. The summed E-state index contributed by atoms with van der Waals surface area (Å²) in [7, 11) is 0. The summed E-state index contributed by atoms with van der Waals surface area (Å²) in [4.78, 5) is 18.1. The van der Waals surface area contributed by atoms with Gasteiger partial charge in [-0.15, -0.1) is 17.7 Å². The second-order valence-corrected chi connectivity index (χ2v) is 3.77. The molecule has 20 heavy (non-hydrogen) atoms. The average molecular weight is 450 g/mol. The Morgan fingerprint density at radius 2 is 1.95 bits per heavy atom. The van der Waals surface area contributed by atoms with Crippen molar-refractivity contribution in [1.82, 2.24) is 9.97 Å². The third kappa shape index (κ3) is 7.59. The minimum absolute atomic E-state index is 0. The van der Waals surface area contributed by atoms with Gasteiger partial charge in [0.05, 0.1) is 5.76 Å². The van der Waals surface area contributed by atoms with Crippen LogP contribution in [0.5, 0.6) is 0 Å². The first-order valence-electron chi connectivity index (χ1n) is 5.71. The predicted molar refractivity (Wildman–Crippen MR) is 73.4 cm³/mol. The molecule has 4 nitrogen and oxygen atoms in total. The summed E-state index contributed by atoms with van der Waals surface area (Å²) in [6, 6.07) is 9.59. The van der Waals surface area contributed by atoms with Gasteiger partial charge in [-0.05, 0) is 31.8 Å².